The molecule has 0 saturated carbocycles. The molecule has 0 aromatic heterocycles. The molecule has 3 fully saturated rings. The molecule has 1 aromatic rings. The third-order valence-electron chi connectivity index (χ3n) is 5.40. The zero-order valence-corrected chi connectivity index (χ0v) is 15.2. The SMILES string of the molecule is C[C@]12CC(=O)[C@](C)(O1)[C@@H]1C(=O)N(c3ccc(C#N)c(I)c3)C(=O)[C@@H]12. The summed E-state index contributed by atoms with van der Waals surface area (Å²) in [6.45, 7) is 3.35. The molecule has 4 rings (SSSR count). The molecule has 6 nitrogen and oxygen atoms in total. The summed E-state index contributed by atoms with van der Waals surface area (Å²) in [5.41, 5.74) is -1.23. The summed E-state index contributed by atoms with van der Waals surface area (Å²) in [6.07, 6.45) is 0.155. The number of halogens is 1. The summed E-state index contributed by atoms with van der Waals surface area (Å²) >= 11 is 2.00. The number of hydrogen-bond donors (Lipinski definition) is 0. The van der Waals surface area contributed by atoms with Crippen molar-refractivity contribution < 1.29 is 19.1 Å². The lowest BCUT2D eigenvalue weighted by Gasteiger charge is -2.26. The highest BCUT2D eigenvalue weighted by atomic mass is 127. The van der Waals surface area contributed by atoms with Crippen molar-refractivity contribution in [3.05, 3.63) is 27.3 Å². The normalized spacial score (nSPS) is 37.1. The van der Waals surface area contributed by atoms with E-state index >= 15 is 0 Å². The van der Waals surface area contributed by atoms with Crippen molar-refractivity contribution in [1.29, 1.82) is 5.26 Å². The number of amides is 2. The van der Waals surface area contributed by atoms with E-state index in [0.717, 1.165) is 4.90 Å². The zero-order chi connectivity index (χ0) is 17.4. The molecule has 7 heteroatoms. The van der Waals surface area contributed by atoms with Crippen molar-refractivity contribution in [2.45, 2.75) is 31.5 Å². The molecule has 4 atom stereocenters. The molecule has 2 amide bonds. The molecular formula is C17H13IN2O4. The summed E-state index contributed by atoms with van der Waals surface area (Å²) in [4.78, 5) is 39.3. The lowest BCUT2D eigenvalue weighted by Crippen LogP contribution is -2.46. The standard InChI is InChI=1S/C17H13IN2O4/c1-16-6-11(21)17(2,24-16)13-12(16)14(22)20(15(13)23)9-4-3-8(7-19)10(18)5-9/h3-5,12-13H,6H2,1-2H3/t12-,13+,16-,17+/m1/s1. The van der Waals surface area contributed by atoms with E-state index in [-0.39, 0.29) is 18.1 Å². The fourth-order valence-electron chi connectivity index (χ4n) is 4.31. The molecule has 0 aliphatic carbocycles. The predicted octanol–water partition coefficient (Wildman–Crippen LogP) is 1.79. The van der Waals surface area contributed by atoms with Crippen LogP contribution in [0, 0.1) is 26.7 Å². The van der Waals surface area contributed by atoms with Crippen LogP contribution in [-0.4, -0.2) is 28.8 Å². The second kappa shape index (κ2) is 4.64. The van der Waals surface area contributed by atoms with E-state index in [1.54, 1.807) is 32.0 Å². The monoisotopic (exact) mass is 436 g/mol. The Balaban J connectivity index is 1.81. The number of nitrogens with zero attached hydrogens (tertiary/aromatic N) is 2. The van der Waals surface area contributed by atoms with Crippen molar-refractivity contribution in [2.24, 2.45) is 11.8 Å². The Labute approximate surface area is 151 Å². The van der Waals surface area contributed by atoms with Crippen LogP contribution in [0.1, 0.15) is 25.8 Å². The molecule has 1 aromatic carbocycles. The van der Waals surface area contributed by atoms with Gasteiger partial charge in [0.05, 0.1) is 28.7 Å². The fraction of sp³-hybridized carbons (Fsp3) is 0.412. The van der Waals surface area contributed by atoms with Crippen LogP contribution in [0.25, 0.3) is 0 Å². The molecule has 0 unspecified atom stereocenters. The van der Waals surface area contributed by atoms with E-state index in [0.29, 0.717) is 14.8 Å². The van der Waals surface area contributed by atoms with E-state index in [1.807, 2.05) is 22.6 Å². The molecular weight excluding hydrogens is 423 g/mol. The first-order chi connectivity index (χ1) is 11.2. The maximum Gasteiger partial charge on any atom is 0.241 e. The maximum absolute atomic E-state index is 13.0. The summed E-state index contributed by atoms with van der Waals surface area (Å²) in [6, 6.07) is 6.88. The Hall–Kier alpha value is -1.79. The number of benzene rings is 1. The van der Waals surface area contributed by atoms with Gasteiger partial charge < -0.3 is 4.74 Å². The Morgan fingerprint density at radius 3 is 2.54 bits per heavy atom. The number of hydrogen-bond acceptors (Lipinski definition) is 5. The van der Waals surface area contributed by atoms with Crippen LogP contribution in [-0.2, 0) is 19.1 Å². The Bertz CT molecular complexity index is 876. The summed E-state index contributed by atoms with van der Waals surface area (Å²) in [5.74, 6) is -2.26. The van der Waals surface area contributed by atoms with Crippen LogP contribution in [0.4, 0.5) is 5.69 Å². The molecule has 0 spiro atoms. The molecule has 3 aliphatic rings. The van der Waals surface area contributed by atoms with Crippen molar-refractivity contribution in [2.75, 3.05) is 4.90 Å². The van der Waals surface area contributed by atoms with Crippen LogP contribution in [0.2, 0.25) is 0 Å². The van der Waals surface area contributed by atoms with Crippen molar-refractivity contribution in [1.82, 2.24) is 0 Å². The van der Waals surface area contributed by atoms with Gasteiger partial charge in [-0.2, -0.15) is 5.26 Å². The third kappa shape index (κ3) is 1.70. The summed E-state index contributed by atoms with van der Waals surface area (Å²) in [7, 11) is 0. The highest BCUT2D eigenvalue weighted by Gasteiger charge is 2.76. The van der Waals surface area contributed by atoms with Crippen molar-refractivity contribution in [3.63, 3.8) is 0 Å². The Morgan fingerprint density at radius 1 is 1.25 bits per heavy atom. The lowest BCUT2D eigenvalue weighted by atomic mass is 9.68. The highest BCUT2D eigenvalue weighted by molar-refractivity contribution is 14.1. The van der Waals surface area contributed by atoms with Crippen molar-refractivity contribution in [3.8, 4) is 6.07 Å². The average molecular weight is 436 g/mol. The van der Waals surface area contributed by atoms with Gasteiger partial charge in [-0.25, -0.2) is 4.90 Å². The second-order valence-corrected chi connectivity index (χ2v) is 8.03. The summed E-state index contributed by atoms with van der Waals surface area (Å²) < 4.78 is 6.51. The van der Waals surface area contributed by atoms with E-state index in [4.69, 9.17) is 10.00 Å². The van der Waals surface area contributed by atoms with Gasteiger partial charge in [0.1, 0.15) is 11.7 Å². The number of fused-ring (bicyclic) bond motifs is 5. The molecule has 0 radical (unpaired) electrons. The second-order valence-electron chi connectivity index (χ2n) is 6.86. The van der Waals surface area contributed by atoms with Gasteiger partial charge in [-0.05, 0) is 54.6 Å². The first kappa shape index (κ1) is 15.7. The first-order valence-corrected chi connectivity index (χ1v) is 8.62. The lowest BCUT2D eigenvalue weighted by molar-refractivity contribution is -0.139. The number of ketones is 1. The molecule has 3 aliphatic heterocycles. The third-order valence-corrected chi connectivity index (χ3v) is 6.29. The van der Waals surface area contributed by atoms with Gasteiger partial charge in [0.25, 0.3) is 0 Å². The number of carbonyl (C=O) groups is 3. The van der Waals surface area contributed by atoms with Gasteiger partial charge in [-0.1, -0.05) is 0 Å². The number of carbonyl (C=O) groups excluding carboxylic acids is 3. The fourth-order valence-corrected chi connectivity index (χ4v) is 4.93. The smallest absolute Gasteiger partial charge is 0.241 e. The topological polar surface area (TPSA) is 87.5 Å². The van der Waals surface area contributed by atoms with Crippen LogP contribution in [0.15, 0.2) is 18.2 Å². The molecule has 2 bridgehead atoms. The molecule has 122 valence electrons. The van der Waals surface area contributed by atoms with E-state index in [2.05, 4.69) is 6.07 Å². The number of ether oxygens (including phenoxy) is 1. The zero-order valence-electron chi connectivity index (χ0n) is 13.0. The minimum absolute atomic E-state index is 0.122. The van der Waals surface area contributed by atoms with Gasteiger partial charge in [0.15, 0.2) is 5.78 Å². The quantitative estimate of drug-likeness (QED) is 0.495. The van der Waals surface area contributed by atoms with E-state index in [1.165, 1.54) is 0 Å². The maximum atomic E-state index is 13.0. The largest absolute Gasteiger partial charge is 0.359 e. The number of rotatable bonds is 1. The van der Waals surface area contributed by atoms with Gasteiger partial charge in [0, 0.05) is 9.99 Å². The van der Waals surface area contributed by atoms with Crippen LogP contribution in [0.5, 0.6) is 0 Å². The minimum Gasteiger partial charge on any atom is -0.359 e. The molecule has 24 heavy (non-hydrogen) atoms. The van der Waals surface area contributed by atoms with Gasteiger partial charge in [-0.3, -0.25) is 14.4 Å². The predicted molar refractivity (Wildman–Crippen MR) is 90.9 cm³/mol. The highest BCUT2D eigenvalue weighted by Crippen LogP contribution is 2.59. The number of imide groups is 1. The minimum atomic E-state index is -1.22. The Morgan fingerprint density at radius 2 is 1.92 bits per heavy atom. The van der Waals surface area contributed by atoms with Crippen LogP contribution in [0.3, 0.4) is 0 Å². The Kier molecular flexibility index (Phi) is 3.04. The van der Waals surface area contributed by atoms with Gasteiger partial charge in [0.2, 0.25) is 11.8 Å². The number of Topliss-reactive ketones (excluding diaryl/α,β-unsaturated/α-hetero) is 1. The van der Waals surface area contributed by atoms with Gasteiger partial charge >= 0.3 is 0 Å². The van der Waals surface area contributed by atoms with E-state index in [9.17, 15) is 14.4 Å². The van der Waals surface area contributed by atoms with Crippen LogP contribution >= 0.6 is 22.6 Å². The summed E-state index contributed by atoms with van der Waals surface area (Å²) in [5, 5.41) is 9.03. The van der Waals surface area contributed by atoms with Crippen LogP contribution < -0.4 is 4.90 Å². The average Bonchev–Trinajstić information content (AvgIpc) is 3.01. The van der Waals surface area contributed by atoms with Gasteiger partial charge in [-0.15, -0.1) is 0 Å². The van der Waals surface area contributed by atoms with E-state index < -0.39 is 28.9 Å². The van der Waals surface area contributed by atoms with Crippen molar-refractivity contribution >= 4 is 45.9 Å². The number of nitriles is 1. The number of anilines is 1. The molecule has 3 heterocycles. The molecule has 3 saturated heterocycles. The first-order valence-electron chi connectivity index (χ1n) is 7.54. The molecule has 0 N–H and O–H groups in total.